The van der Waals surface area contributed by atoms with Crippen LogP contribution in [0.5, 0.6) is 0 Å². The molecule has 0 unspecified atom stereocenters. The maximum atomic E-state index is 5.92. The summed E-state index contributed by atoms with van der Waals surface area (Å²) in [4.78, 5) is 12.4. The summed E-state index contributed by atoms with van der Waals surface area (Å²) in [5.41, 5.74) is 8.13. The minimum Gasteiger partial charge on any atom is -0.383 e. The number of pyridine rings is 1. The van der Waals surface area contributed by atoms with Gasteiger partial charge in [-0.25, -0.2) is 9.97 Å². The van der Waals surface area contributed by atoms with E-state index in [1.807, 2.05) is 23.5 Å². The highest BCUT2D eigenvalue weighted by atomic mass is 32.1. The van der Waals surface area contributed by atoms with E-state index in [2.05, 4.69) is 42.7 Å². The monoisotopic (exact) mass is 290 g/mol. The third-order valence-corrected chi connectivity index (χ3v) is 5.04. The second-order valence-electron chi connectivity index (χ2n) is 5.05. The molecule has 2 aromatic heterocycles. The minimum absolute atomic E-state index is 0.326. The lowest BCUT2D eigenvalue weighted by molar-refractivity contribution is 0.256. The van der Waals surface area contributed by atoms with Crippen molar-refractivity contribution in [1.29, 1.82) is 0 Å². The molecule has 20 heavy (non-hydrogen) atoms. The van der Waals surface area contributed by atoms with Gasteiger partial charge in [0.2, 0.25) is 0 Å². The first-order valence-corrected chi connectivity index (χ1v) is 7.70. The molecule has 0 bridgehead atoms. The highest BCUT2D eigenvalue weighted by Crippen LogP contribution is 2.29. The molecule has 0 amide bonds. The van der Waals surface area contributed by atoms with E-state index in [4.69, 9.17) is 5.73 Å². The first-order valence-electron chi connectivity index (χ1n) is 6.88. The molecule has 0 aliphatic carbocycles. The highest BCUT2D eigenvalue weighted by Gasteiger charge is 2.18. The van der Waals surface area contributed by atoms with Crippen LogP contribution < -0.4 is 5.73 Å². The average Bonchev–Trinajstić information content (AvgIpc) is 2.81. The van der Waals surface area contributed by atoms with E-state index in [0.717, 1.165) is 24.2 Å². The Kier molecular flexibility index (Phi) is 4.73. The Bertz CT molecular complexity index is 579. The zero-order chi connectivity index (χ0) is 14.7. The van der Waals surface area contributed by atoms with Crippen molar-refractivity contribution in [2.24, 2.45) is 0 Å². The Morgan fingerprint density at radius 3 is 2.80 bits per heavy atom. The maximum Gasteiger partial charge on any atom is 0.127 e. The molecule has 1 atom stereocenters. The summed E-state index contributed by atoms with van der Waals surface area (Å²) in [6, 6.07) is 4.28. The number of nitrogen functional groups attached to an aromatic ring is 1. The van der Waals surface area contributed by atoms with Crippen molar-refractivity contribution in [2.45, 2.75) is 39.8 Å². The van der Waals surface area contributed by atoms with Gasteiger partial charge in [-0.1, -0.05) is 13.0 Å². The molecule has 0 saturated carbocycles. The molecule has 0 aliphatic heterocycles. The number of aromatic nitrogens is 2. The second-order valence-corrected chi connectivity index (χ2v) is 6.16. The quantitative estimate of drug-likeness (QED) is 0.919. The fourth-order valence-electron chi connectivity index (χ4n) is 2.19. The third kappa shape index (κ3) is 3.16. The van der Waals surface area contributed by atoms with Gasteiger partial charge in [0.1, 0.15) is 5.82 Å². The molecule has 2 aromatic rings. The summed E-state index contributed by atoms with van der Waals surface area (Å²) in [5.74, 6) is 0.613. The highest BCUT2D eigenvalue weighted by molar-refractivity contribution is 7.11. The van der Waals surface area contributed by atoms with Gasteiger partial charge in [0, 0.05) is 29.2 Å². The number of aryl methyl sites for hydroxylation is 2. The van der Waals surface area contributed by atoms with Gasteiger partial charge < -0.3 is 5.73 Å². The number of thiazole rings is 1. The van der Waals surface area contributed by atoms with Crippen LogP contribution in [0.25, 0.3) is 0 Å². The zero-order valence-corrected chi connectivity index (χ0v) is 13.4. The molecule has 2 N–H and O–H groups in total. The predicted molar refractivity (Wildman–Crippen MR) is 84.8 cm³/mol. The molecular weight excluding hydrogens is 268 g/mol. The van der Waals surface area contributed by atoms with Crippen LogP contribution in [-0.4, -0.2) is 21.9 Å². The molecule has 2 rings (SSSR count). The molecular formula is C15H22N4S. The minimum atomic E-state index is 0.326. The Labute approximate surface area is 124 Å². The number of hydrogen-bond donors (Lipinski definition) is 1. The number of nitrogens with zero attached hydrogens (tertiary/aromatic N) is 3. The summed E-state index contributed by atoms with van der Waals surface area (Å²) in [5, 5.41) is 1.21. The lowest BCUT2D eigenvalue weighted by Gasteiger charge is -2.24. The fraction of sp³-hybridized carbons (Fsp3) is 0.467. The first-order chi connectivity index (χ1) is 9.52. The fourth-order valence-corrected chi connectivity index (χ4v) is 3.32. The van der Waals surface area contributed by atoms with Crippen LogP contribution in [0.3, 0.4) is 0 Å². The van der Waals surface area contributed by atoms with E-state index in [1.54, 1.807) is 6.20 Å². The molecule has 0 saturated heterocycles. The summed E-state index contributed by atoms with van der Waals surface area (Å²) in [7, 11) is 2.11. The Hall–Kier alpha value is -1.46. The Balaban J connectivity index is 2.14. The van der Waals surface area contributed by atoms with Crippen LogP contribution in [0.15, 0.2) is 18.3 Å². The largest absolute Gasteiger partial charge is 0.383 e. The smallest absolute Gasteiger partial charge is 0.127 e. The number of anilines is 1. The van der Waals surface area contributed by atoms with E-state index in [1.165, 1.54) is 9.88 Å². The van der Waals surface area contributed by atoms with Crippen molar-refractivity contribution in [2.75, 3.05) is 12.8 Å². The number of hydrogen-bond acceptors (Lipinski definition) is 5. The molecule has 4 nitrogen and oxygen atoms in total. The van der Waals surface area contributed by atoms with Gasteiger partial charge in [-0.05, 0) is 33.4 Å². The SMILES string of the molecule is CCc1nc(C)c([C@H](C)N(C)Cc2cccnc2N)s1. The standard InChI is InChI=1S/C15H22N4S/c1-5-13-18-10(2)14(20-13)11(3)19(4)9-12-7-6-8-17-15(12)16/h6-8,11H,5,9H2,1-4H3,(H2,16,17)/t11-/m0/s1. The maximum absolute atomic E-state index is 5.92. The van der Waals surface area contributed by atoms with Crippen LogP contribution >= 0.6 is 11.3 Å². The van der Waals surface area contributed by atoms with Crippen molar-refractivity contribution < 1.29 is 0 Å². The van der Waals surface area contributed by atoms with Gasteiger partial charge in [0.15, 0.2) is 0 Å². The van der Waals surface area contributed by atoms with Crippen molar-refractivity contribution in [1.82, 2.24) is 14.9 Å². The molecule has 0 fully saturated rings. The average molecular weight is 290 g/mol. The van der Waals surface area contributed by atoms with Gasteiger partial charge >= 0.3 is 0 Å². The van der Waals surface area contributed by atoms with Crippen LogP contribution in [0, 0.1) is 6.92 Å². The van der Waals surface area contributed by atoms with E-state index < -0.39 is 0 Å². The van der Waals surface area contributed by atoms with E-state index in [0.29, 0.717) is 11.9 Å². The zero-order valence-electron chi connectivity index (χ0n) is 12.6. The predicted octanol–water partition coefficient (Wildman–Crippen LogP) is 3.18. The lowest BCUT2D eigenvalue weighted by Crippen LogP contribution is -2.22. The van der Waals surface area contributed by atoms with Gasteiger partial charge in [-0.15, -0.1) is 11.3 Å². The van der Waals surface area contributed by atoms with Crippen LogP contribution in [0.2, 0.25) is 0 Å². The summed E-state index contributed by atoms with van der Waals surface area (Å²) in [6.07, 6.45) is 2.72. The van der Waals surface area contributed by atoms with E-state index >= 15 is 0 Å². The summed E-state index contributed by atoms with van der Waals surface area (Å²) >= 11 is 1.81. The van der Waals surface area contributed by atoms with Crippen molar-refractivity contribution in [3.05, 3.63) is 39.5 Å². The van der Waals surface area contributed by atoms with Crippen LogP contribution in [0.4, 0.5) is 5.82 Å². The van der Waals surface area contributed by atoms with Crippen molar-refractivity contribution in [3.63, 3.8) is 0 Å². The normalized spacial score (nSPS) is 12.8. The third-order valence-electron chi connectivity index (χ3n) is 3.57. The number of rotatable bonds is 5. The molecule has 0 aromatic carbocycles. The summed E-state index contributed by atoms with van der Waals surface area (Å²) in [6.45, 7) is 7.24. The molecule has 0 radical (unpaired) electrons. The van der Waals surface area contributed by atoms with Gasteiger partial charge in [-0.3, -0.25) is 4.90 Å². The first kappa shape index (κ1) is 14.9. The second kappa shape index (κ2) is 6.33. The topological polar surface area (TPSA) is 55.0 Å². The van der Waals surface area contributed by atoms with Crippen LogP contribution in [-0.2, 0) is 13.0 Å². The van der Waals surface area contributed by atoms with Gasteiger partial charge in [0.05, 0.1) is 10.7 Å². The lowest BCUT2D eigenvalue weighted by atomic mass is 10.2. The number of nitrogens with two attached hydrogens (primary N) is 1. The molecule has 108 valence electrons. The molecule has 5 heteroatoms. The van der Waals surface area contributed by atoms with Gasteiger partial charge in [0.25, 0.3) is 0 Å². The van der Waals surface area contributed by atoms with Crippen LogP contribution in [0.1, 0.15) is 41.0 Å². The van der Waals surface area contributed by atoms with Crippen molar-refractivity contribution in [3.8, 4) is 0 Å². The summed E-state index contributed by atoms with van der Waals surface area (Å²) < 4.78 is 0. The molecule has 0 spiro atoms. The molecule has 0 aliphatic rings. The van der Waals surface area contributed by atoms with Crippen molar-refractivity contribution >= 4 is 17.2 Å². The van der Waals surface area contributed by atoms with E-state index in [-0.39, 0.29) is 0 Å². The Morgan fingerprint density at radius 1 is 1.45 bits per heavy atom. The molecule has 2 heterocycles. The Morgan fingerprint density at radius 2 is 2.20 bits per heavy atom. The van der Waals surface area contributed by atoms with Gasteiger partial charge in [-0.2, -0.15) is 0 Å². The van der Waals surface area contributed by atoms with E-state index in [9.17, 15) is 0 Å².